The highest BCUT2D eigenvalue weighted by molar-refractivity contribution is 6.28. The molecule has 124 valence electrons. The second-order valence-electron chi connectivity index (χ2n) is 4.71. The summed E-state index contributed by atoms with van der Waals surface area (Å²) in [7, 11) is 0. The fourth-order valence-corrected chi connectivity index (χ4v) is 2.69. The number of ether oxygens (including phenoxy) is 2. The van der Waals surface area contributed by atoms with E-state index in [9.17, 15) is 9.59 Å². The Morgan fingerprint density at radius 2 is 1.00 bits per heavy atom. The van der Waals surface area contributed by atoms with Crippen molar-refractivity contribution in [2.24, 2.45) is 0 Å². The Balaban J connectivity index is 0.000000487. The second-order valence-corrected chi connectivity index (χ2v) is 4.71. The fraction of sp³-hybridized carbons (Fsp3) is 0.200. The molecule has 4 nitrogen and oxygen atoms in total. The van der Waals surface area contributed by atoms with Crippen molar-refractivity contribution >= 4 is 33.9 Å². The molecule has 4 heteroatoms. The van der Waals surface area contributed by atoms with Gasteiger partial charge in [-0.2, -0.15) is 0 Å². The summed E-state index contributed by atoms with van der Waals surface area (Å²) in [6.45, 7) is 15.5. The molecule has 4 rings (SSSR count). The van der Waals surface area contributed by atoms with Crippen LogP contribution < -0.4 is 9.47 Å². The van der Waals surface area contributed by atoms with E-state index >= 15 is 0 Å². The number of rotatable bonds is 0. The summed E-state index contributed by atoms with van der Waals surface area (Å²) < 4.78 is 10.3. The molecule has 0 fully saturated rings. The standard InChI is InChI=1S/C16H8O4.2C2H6/c1-7-13-9-3-6-12-14(8(2)16(18)20-12)10(9)4-5-11(13)19-15(7)17;2*1-2/h3-6H,1-2H2;2*1-2H3. The molecular formula is C20H20O4. The summed E-state index contributed by atoms with van der Waals surface area (Å²) in [5.74, 6) is 0.0879. The van der Waals surface area contributed by atoms with Crippen LogP contribution >= 0.6 is 0 Å². The highest BCUT2D eigenvalue weighted by Crippen LogP contribution is 2.45. The average molecular weight is 324 g/mol. The molecule has 2 aromatic carbocycles. The lowest BCUT2D eigenvalue weighted by atomic mass is 9.94. The maximum atomic E-state index is 11.6. The monoisotopic (exact) mass is 324 g/mol. The minimum absolute atomic E-state index is 0.321. The molecule has 0 spiro atoms. The van der Waals surface area contributed by atoms with Crippen LogP contribution in [0.5, 0.6) is 11.5 Å². The molecule has 24 heavy (non-hydrogen) atoms. The number of hydrogen-bond acceptors (Lipinski definition) is 4. The van der Waals surface area contributed by atoms with Crippen molar-refractivity contribution in [3.63, 3.8) is 0 Å². The normalized spacial score (nSPS) is 14.0. The van der Waals surface area contributed by atoms with Gasteiger partial charge in [0.05, 0.1) is 11.1 Å². The van der Waals surface area contributed by atoms with Crippen molar-refractivity contribution < 1.29 is 19.1 Å². The van der Waals surface area contributed by atoms with Gasteiger partial charge in [0.2, 0.25) is 0 Å². The van der Waals surface area contributed by atoms with E-state index in [2.05, 4.69) is 13.2 Å². The average Bonchev–Trinajstić information content (AvgIpc) is 3.08. The molecule has 2 heterocycles. The van der Waals surface area contributed by atoms with Crippen LogP contribution in [0.25, 0.3) is 21.9 Å². The summed E-state index contributed by atoms with van der Waals surface area (Å²) in [5, 5.41) is 1.60. The number of carbonyl (C=O) groups is 2. The molecule has 0 amide bonds. The number of carbonyl (C=O) groups excluding carboxylic acids is 2. The van der Waals surface area contributed by atoms with Crippen LogP contribution in [0.1, 0.15) is 38.8 Å². The zero-order valence-electron chi connectivity index (χ0n) is 14.4. The minimum Gasteiger partial charge on any atom is -0.422 e. The van der Waals surface area contributed by atoms with E-state index in [1.165, 1.54) is 0 Å². The summed E-state index contributed by atoms with van der Waals surface area (Å²) >= 11 is 0. The Bertz CT molecular complexity index is 802. The van der Waals surface area contributed by atoms with Gasteiger partial charge in [0.1, 0.15) is 11.5 Å². The van der Waals surface area contributed by atoms with Crippen molar-refractivity contribution in [2.75, 3.05) is 0 Å². The predicted molar refractivity (Wildman–Crippen MR) is 96.0 cm³/mol. The van der Waals surface area contributed by atoms with Crippen LogP contribution in [0.3, 0.4) is 0 Å². The molecular weight excluding hydrogens is 304 g/mol. The molecule has 0 unspecified atom stereocenters. The smallest absolute Gasteiger partial charge is 0.343 e. The van der Waals surface area contributed by atoms with Gasteiger partial charge in [-0.1, -0.05) is 40.9 Å². The number of hydrogen-bond donors (Lipinski definition) is 0. The molecule has 0 aromatic heterocycles. The summed E-state index contributed by atoms with van der Waals surface area (Å²) in [6, 6.07) is 6.99. The van der Waals surface area contributed by atoms with Crippen LogP contribution in [-0.4, -0.2) is 11.9 Å². The predicted octanol–water partition coefficient (Wildman–Crippen LogP) is 4.76. The highest BCUT2D eigenvalue weighted by atomic mass is 16.5. The Kier molecular flexibility index (Phi) is 4.88. The molecule has 2 aliphatic heterocycles. The Morgan fingerprint density at radius 3 is 1.33 bits per heavy atom. The zero-order valence-corrected chi connectivity index (χ0v) is 14.4. The first-order valence-corrected chi connectivity index (χ1v) is 8.00. The molecule has 2 aromatic rings. The number of fused-ring (bicyclic) bond motifs is 5. The Hall–Kier alpha value is -2.88. The van der Waals surface area contributed by atoms with Gasteiger partial charge < -0.3 is 9.47 Å². The van der Waals surface area contributed by atoms with Crippen molar-refractivity contribution in [1.82, 2.24) is 0 Å². The van der Waals surface area contributed by atoms with Gasteiger partial charge in [0.15, 0.2) is 0 Å². The first-order valence-electron chi connectivity index (χ1n) is 8.00. The van der Waals surface area contributed by atoms with E-state index in [0.29, 0.717) is 33.8 Å². The maximum Gasteiger partial charge on any atom is 0.343 e. The minimum atomic E-state index is -0.445. The SMILES string of the molecule is C=C1C(=O)Oc2ccc3c4c(ccc3c21)OC(=O)C4=C.CC.CC. The van der Waals surface area contributed by atoms with Gasteiger partial charge in [0.25, 0.3) is 0 Å². The van der Waals surface area contributed by atoms with Gasteiger partial charge in [-0.05, 0) is 35.0 Å². The molecule has 0 atom stereocenters. The molecule has 0 radical (unpaired) electrons. The first kappa shape index (κ1) is 17.5. The highest BCUT2D eigenvalue weighted by Gasteiger charge is 2.31. The lowest BCUT2D eigenvalue weighted by Gasteiger charge is -2.07. The van der Waals surface area contributed by atoms with E-state index in [-0.39, 0.29) is 0 Å². The van der Waals surface area contributed by atoms with E-state index in [1.54, 1.807) is 24.3 Å². The summed E-state index contributed by atoms with van der Waals surface area (Å²) in [4.78, 5) is 23.2. The third kappa shape index (κ3) is 2.40. The van der Waals surface area contributed by atoms with Crippen LogP contribution in [-0.2, 0) is 9.59 Å². The van der Waals surface area contributed by atoms with Crippen molar-refractivity contribution in [3.05, 3.63) is 48.6 Å². The molecule has 0 saturated carbocycles. The second kappa shape index (κ2) is 6.71. The van der Waals surface area contributed by atoms with Crippen molar-refractivity contribution in [2.45, 2.75) is 27.7 Å². The molecule has 0 bridgehead atoms. The van der Waals surface area contributed by atoms with Crippen molar-refractivity contribution in [1.29, 1.82) is 0 Å². The zero-order chi connectivity index (χ0) is 18.0. The van der Waals surface area contributed by atoms with Crippen LogP contribution in [0, 0.1) is 0 Å². The van der Waals surface area contributed by atoms with Crippen LogP contribution in [0.4, 0.5) is 0 Å². The third-order valence-corrected chi connectivity index (χ3v) is 3.63. The van der Waals surface area contributed by atoms with Crippen LogP contribution in [0.15, 0.2) is 37.4 Å². The molecule has 2 aliphatic rings. The molecule has 0 saturated heterocycles. The maximum absolute atomic E-state index is 11.6. The Labute approximate surface area is 141 Å². The fourth-order valence-electron chi connectivity index (χ4n) is 2.69. The van der Waals surface area contributed by atoms with Gasteiger partial charge >= 0.3 is 11.9 Å². The number of benzene rings is 2. The quantitative estimate of drug-likeness (QED) is 0.398. The number of esters is 2. The topological polar surface area (TPSA) is 52.6 Å². The lowest BCUT2D eigenvalue weighted by Crippen LogP contribution is -1.98. The van der Waals surface area contributed by atoms with Gasteiger partial charge in [-0.15, -0.1) is 0 Å². The van der Waals surface area contributed by atoms with Gasteiger partial charge in [0, 0.05) is 11.1 Å². The third-order valence-electron chi connectivity index (χ3n) is 3.63. The van der Waals surface area contributed by atoms with E-state index in [1.807, 2.05) is 27.7 Å². The summed E-state index contributed by atoms with van der Waals surface area (Å²) in [5.41, 5.74) is 1.98. The van der Waals surface area contributed by atoms with Crippen LogP contribution in [0.2, 0.25) is 0 Å². The van der Waals surface area contributed by atoms with Gasteiger partial charge in [-0.3, -0.25) is 0 Å². The lowest BCUT2D eigenvalue weighted by molar-refractivity contribution is -0.127. The van der Waals surface area contributed by atoms with E-state index < -0.39 is 11.9 Å². The van der Waals surface area contributed by atoms with E-state index in [0.717, 1.165) is 10.8 Å². The van der Waals surface area contributed by atoms with Crippen molar-refractivity contribution in [3.8, 4) is 11.5 Å². The first-order chi connectivity index (χ1) is 11.6. The summed E-state index contributed by atoms with van der Waals surface area (Å²) in [6.07, 6.45) is 0. The van der Waals surface area contributed by atoms with Gasteiger partial charge in [-0.25, -0.2) is 9.59 Å². The largest absolute Gasteiger partial charge is 0.422 e. The Morgan fingerprint density at radius 1 is 0.667 bits per heavy atom. The molecule has 0 aliphatic carbocycles. The van der Waals surface area contributed by atoms with E-state index in [4.69, 9.17) is 9.47 Å². The molecule has 0 N–H and O–H groups in total.